The molecule has 1 aliphatic carbocycles. The Balaban J connectivity index is 2.71. The van der Waals surface area contributed by atoms with E-state index in [9.17, 15) is 21.6 Å². The minimum Gasteiger partial charge on any atom is -0.384 e. The van der Waals surface area contributed by atoms with Crippen LogP contribution in [0.25, 0.3) is 0 Å². The molecule has 0 aliphatic heterocycles. The van der Waals surface area contributed by atoms with Crippen molar-refractivity contribution < 1.29 is 26.7 Å². The number of aliphatic hydroxyl groups excluding tert-OH is 1. The highest BCUT2D eigenvalue weighted by molar-refractivity contribution is 8.15. The van der Waals surface area contributed by atoms with Crippen LogP contribution in [0.3, 0.4) is 0 Å². The fourth-order valence-corrected chi connectivity index (χ4v) is 2.75. The molecule has 0 aromatic rings. The molecule has 1 N–H and O–H groups in total. The van der Waals surface area contributed by atoms with Crippen LogP contribution in [0.4, 0.5) is 13.2 Å². The van der Waals surface area contributed by atoms with E-state index >= 15 is 0 Å². The Morgan fingerprint density at radius 2 is 1.86 bits per heavy atom. The van der Waals surface area contributed by atoms with Gasteiger partial charge in [-0.15, -0.1) is 0 Å². The Morgan fingerprint density at radius 3 is 2.07 bits per heavy atom. The fourth-order valence-electron chi connectivity index (χ4n) is 1.15. The topological polar surface area (TPSA) is 54.4 Å². The van der Waals surface area contributed by atoms with Crippen molar-refractivity contribution in [3.8, 4) is 0 Å². The average molecular weight is 253 g/mol. The summed E-state index contributed by atoms with van der Waals surface area (Å²) in [6.07, 6.45) is -8.14. The van der Waals surface area contributed by atoms with E-state index in [1.54, 1.807) is 0 Å². The number of aliphatic hydroxyl groups is 1. The number of hydrogen-bond donors (Lipinski definition) is 1. The highest BCUT2D eigenvalue weighted by Crippen LogP contribution is 2.50. The zero-order chi connectivity index (χ0) is 11.2. The highest BCUT2D eigenvalue weighted by atomic mass is 35.7. The summed E-state index contributed by atoms with van der Waals surface area (Å²) in [6, 6.07) is 0. The Labute approximate surface area is 83.3 Å². The zero-order valence-electron chi connectivity index (χ0n) is 6.88. The van der Waals surface area contributed by atoms with Gasteiger partial charge < -0.3 is 5.11 Å². The Morgan fingerprint density at radius 1 is 1.43 bits per heavy atom. The van der Waals surface area contributed by atoms with Gasteiger partial charge in [-0.2, -0.15) is 13.2 Å². The van der Waals surface area contributed by atoms with E-state index in [-0.39, 0.29) is 12.8 Å². The van der Waals surface area contributed by atoms with Gasteiger partial charge in [0.2, 0.25) is 9.05 Å². The molecule has 1 unspecified atom stereocenters. The first-order valence-corrected chi connectivity index (χ1v) is 6.08. The minimum absolute atomic E-state index is 0.0754. The molecule has 1 saturated carbocycles. The predicted octanol–water partition coefficient (Wildman–Crippen LogP) is 1.40. The van der Waals surface area contributed by atoms with E-state index < -0.39 is 32.5 Å². The molecule has 0 radical (unpaired) electrons. The molecule has 1 rings (SSSR count). The van der Waals surface area contributed by atoms with Gasteiger partial charge in [0.1, 0.15) is 0 Å². The molecule has 0 amide bonds. The molecule has 0 bridgehead atoms. The van der Waals surface area contributed by atoms with Crippen LogP contribution in [0, 0.1) is 0 Å². The maximum absolute atomic E-state index is 11.9. The van der Waals surface area contributed by atoms with Gasteiger partial charge in [-0.05, 0) is 12.8 Å². The molecule has 8 heteroatoms. The smallest absolute Gasteiger partial charge is 0.384 e. The van der Waals surface area contributed by atoms with Crippen molar-refractivity contribution in [3.05, 3.63) is 0 Å². The van der Waals surface area contributed by atoms with Crippen LogP contribution in [0.15, 0.2) is 0 Å². The van der Waals surface area contributed by atoms with Crippen molar-refractivity contribution >= 4 is 19.7 Å². The largest absolute Gasteiger partial charge is 0.414 e. The molecule has 84 valence electrons. The van der Waals surface area contributed by atoms with Crippen LogP contribution in [0.5, 0.6) is 0 Å². The molecule has 1 aliphatic rings. The van der Waals surface area contributed by atoms with Gasteiger partial charge in [0, 0.05) is 17.1 Å². The average Bonchev–Trinajstić information content (AvgIpc) is 2.64. The monoisotopic (exact) mass is 252 g/mol. The van der Waals surface area contributed by atoms with Crippen LogP contribution in [-0.4, -0.2) is 30.6 Å². The molecule has 14 heavy (non-hydrogen) atoms. The Kier molecular flexibility index (Phi) is 2.80. The lowest BCUT2D eigenvalue weighted by molar-refractivity contribution is -0.205. The van der Waals surface area contributed by atoms with E-state index in [0.29, 0.717) is 0 Å². The van der Waals surface area contributed by atoms with E-state index in [2.05, 4.69) is 0 Å². The quantitative estimate of drug-likeness (QED) is 0.773. The van der Waals surface area contributed by atoms with Gasteiger partial charge in [0.15, 0.2) is 6.10 Å². The summed E-state index contributed by atoms with van der Waals surface area (Å²) in [5.41, 5.74) is 0. The van der Waals surface area contributed by atoms with Crippen LogP contribution >= 0.6 is 10.7 Å². The standard InChI is InChI=1S/C6H8ClF3O3S/c7-14(12,13)5(1-2-5)3-4(11)6(8,9)10/h4,11H,1-3H2. The minimum atomic E-state index is -4.79. The second kappa shape index (κ2) is 3.24. The van der Waals surface area contributed by atoms with Crippen molar-refractivity contribution in [2.75, 3.05) is 0 Å². The maximum atomic E-state index is 11.9. The summed E-state index contributed by atoms with van der Waals surface area (Å²) in [6.45, 7) is 0. The predicted molar refractivity (Wildman–Crippen MR) is 43.4 cm³/mol. The van der Waals surface area contributed by atoms with Gasteiger partial charge in [0.25, 0.3) is 0 Å². The van der Waals surface area contributed by atoms with Crippen molar-refractivity contribution in [1.29, 1.82) is 0 Å². The summed E-state index contributed by atoms with van der Waals surface area (Å²) >= 11 is 0. The van der Waals surface area contributed by atoms with Gasteiger partial charge in [-0.1, -0.05) is 0 Å². The SMILES string of the molecule is O=S(=O)(Cl)C1(CC(O)C(F)(F)F)CC1. The first-order chi connectivity index (χ1) is 6.08. The third-order valence-corrected chi connectivity index (χ3v) is 4.86. The van der Waals surface area contributed by atoms with Crippen molar-refractivity contribution in [3.63, 3.8) is 0 Å². The zero-order valence-corrected chi connectivity index (χ0v) is 8.45. The number of rotatable bonds is 3. The summed E-state index contributed by atoms with van der Waals surface area (Å²) in [5, 5.41) is 8.68. The Hall–Kier alpha value is -0.0100. The molecule has 0 heterocycles. The molecule has 0 spiro atoms. The third-order valence-electron chi connectivity index (χ3n) is 2.27. The van der Waals surface area contributed by atoms with Crippen molar-refractivity contribution in [1.82, 2.24) is 0 Å². The number of alkyl halides is 3. The number of hydrogen-bond acceptors (Lipinski definition) is 3. The molecule has 3 nitrogen and oxygen atoms in total. The molecular weight excluding hydrogens is 245 g/mol. The van der Waals surface area contributed by atoms with E-state index in [0.717, 1.165) is 0 Å². The lowest BCUT2D eigenvalue weighted by Gasteiger charge is -2.18. The summed E-state index contributed by atoms with van der Waals surface area (Å²) in [5.74, 6) is 0. The summed E-state index contributed by atoms with van der Waals surface area (Å²) < 4.78 is 55.9. The van der Waals surface area contributed by atoms with Crippen LogP contribution in [0.1, 0.15) is 19.3 Å². The molecule has 0 saturated heterocycles. The van der Waals surface area contributed by atoms with Crippen molar-refractivity contribution in [2.24, 2.45) is 0 Å². The van der Waals surface area contributed by atoms with Crippen LogP contribution < -0.4 is 0 Å². The van der Waals surface area contributed by atoms with Gasteiger partial charge >= 0.3 is 6.18 Å². The van der Waals surface area contributed by atoms with E-state index in [4.69, 9.17) is 15.8 Å². The van der Waals surface area contributed by atoms with Crippen LogP contribution in [0.2, 0.25) is 0 Å². The lowest BCUT2D eigenvalue weighted by atomic mass is 10.2. The van der Waals surface area contributed by atoms with Gasteiger partial charge in [-0.3, -0.25) is 0 Å². The van der Waals surface area contributed by atoms with E-state index in [1.807, 2.05) is 0 Å². The maximum Gasteiger partial charge on any atom is 0.414 e. The van der Waals surface area contributed by atoms with Crippen molar-refractivity contribution in [2.45, 2.75) is 36.3 Å². The Bertz CT molecular complexity index is 320. The highest BCUT2D eigenvalue weighted by Gasteiger charge is 2.58. The van der Waals surface area contributed by atoms with Gasteiger partial charge in [0.05, 0.1) is 4.75 Å². The summed E-state index contributed by atoms with van der Waals surface area (Å²) in [7, 11) is 0.941. The lowest BCUT2D eigenvalue weighted by Crippen LogP contribution is -2.35. The van der Waals surface area contributed by atoms with Gasteiger partial charge in [-0.25, -0.2) is 8.42 Å². The molecule has 1 atom stereocenters. The molecular formula is C6H8ClF3O3S. The molecule has 0 aromatic carbocycles. The van der Waals surface area contributed by atoms with E-state index in [1.165, 1.54) is 0 Å². The number of halogens is 4. The second-order valence-corrected chi connectivity index (χ2v) is 6.34. The third kappa shape index (κ3) is 2.32. The molecule has 0 aromatic heterocycles. The second-order valence-electron chi connectivity index (χ2n) is 3.38. The molecule has 1 fully saturated rings. The summed E-state index contributed by atoms with van der Waals surface area (Å²) in [4.78, 5) is 0. The normalized spacial score (nSPS) is 23.2. The first kappa shape index (κ1) is 12.1. The first-order valence-electron chi connectivity index (χ1n) is 3.77. The fraction of sp³-hybridized carbons (Fsp3) is 1.00. The van der Waals surface area contributed by atoms with Crippen LogP contribution in [-0.2, 0) is 9.05 Å².